The van der Waals surface area contributed by atoms with Gasteiger partial charge in [0.1, 0.15) is 0 Å². The Labute approximate surface area is 121 Å². The van der Waals surface area contributed by atoms with E-state index in [0.717, 1.165) is 6.04 Å². The Kier molecular flexibility index (Phi) is 3.31. The number of hydrogen-bond acceptors (Lipinski definition) is 3. The van der Waals surface area contributed by atoms with Gasteiger partial charge in [-0.1, -0.05) is 0 Å². The fraction of sp³-hybridized carbons (Fsp3) is 0.812. The van der Waals surface area contributed by atoms with E-state index in [1.54, 1.807) is 0 Å². The molecule has 3 aliphatic rings. The maximum Gasteiger partial charge on any atom is 0.0951 e. The monoisotopic (exact) mass is 274 g/mol. The molecular formula is C16H26N4. The van der Waals surface area contributed by atoms with Crippen molar-refractivity contribution in [3.05, 3.63) is 18.2 Å². The van der Waals surface area contributed by atoms with Crippen LogP contribution in [0.25, 0.3) is 0 Å². The van der Waals surface area contributed by atoms with Gasteiger partial charge < -0.3 is 9.88 Å². The smallest absolute Gasteiger partial charge is 0.0951 e. The minimum absolute atomic E-state index is 0.510. The third-order valence-corrected chi connectivity index (χ3v) is 5.32. The van der Waals surface area contributed by atoms with Gasteiger partial charge >= 0.3 is 0 Å². The second-order valence-corrected chi connectivity index (χ2v) is 6.95. The molecule has 0 aromatic carbocycles. The van der Waals surface area contributed by atoms with E-state index < -0.39 is 0 Å². The number of rotatable bonds is 3. The van der Waals surface area contributed by atoms with Gasteiger partial charge in [0, 0.05) is 43.5 Å². The summed E-state index contributed by atoms with van der Waals surface area (Å²) < 4.78 is 2.47. The zero-order valence-electron chi connectivity index (χ0n) is 12.5. The van der Waals surface area contributed by atoms with E-state index in [2.05, 4.69) is 39.2 Å². The molecule has 4 nitrogen and oxygen atoms in total. The lowest BCUT2D eigenvalue weighted by Gasteiger charge is -2.30. The third kappa shape index (κ3) is 2.40. The molecule has 3 fully saturated rings. The molecule has 1 aliphatic carbocycles. The van der Waals surface area contributed by atoms with Crippen molar-refractivity contribution in [2.24, 2.45) is 0 Å². The van der Waals surface area contributed by atoms with Crippen LogP contribution in [0.3, 0.4) is 0 Å². The van der Waals surface area contributed by atoms with Crippen molar-refractivity contribution >= 4 is 0 Å². The van der Waals surface area contributed by atoms with E-state index in [1.807, 2.05) is 0 Å². The molecule has 0 amide bonds. The third-order valence-electron chi connectivity index (χ3n) is 5.32. The second kappa shape index (κ2) is 5.15. The standard InChI is InChI=1S/C16H26N4/c1-12-3-2-4-15(18-12)16-9-17-11-20(16)14-7-8-19(10-14)13-5-6-13/h9,11-15,18H,2-8,10H2,1H3. The molecule has 1 saturated carbocycles. The molecule has 0 radical (unpaired) electrons. The summed E-state index contributed by atoms with van der Waals surface area (Å²) in [5, 5.41) is 3.75. The van der Waals surface area contributed by atoms with Crippen molar-refractivity contribution in [2.75, 3.05) is 13.1 Å². The minimum Gasteiger partial charge on any atom is -0.329 e. The first-order chi connectivity index (χ1) is 9.81. The van der Waals surface area contributed by atoms with Crippen molar-refractivity contribution in [1.29, 1.82) is 0 Å². The van der Waals surface area contributed by atoms with Crippen molar-refractivity contribution in [2.45, 2.75) is 69.6 Å². The van der Waals surface area contributed by atoms with Crippen LogP contribution in [0.15, 0.2) is 12.5 Å². The number of hydrogen-bond donors (Lipinski definition) is 1. The number of aromatic nitrogens is 2. The quantitative estimate of drug-likeness (QED) is 0.919. The van der Waals surface area contributed by atoms with Crippen LogP contribution in [0.4, 0.5) is 0 Å². The van der Waals surface area contributed by atoms with Gasteiger partial charge in [-0.05, 0) is 45.4 Å². The molecule has 1 aromatic heterocycles. The SMILES string of the molecule is CC1CCCC(c2cncn2C2CCN(C3CC3)C2)N1. The summed E-state index contributed by atoms with van der Waals surface area (Å²) in [7, 11) is 0. The Morgan fingerprint density at radius 2 is 2.05 bits per heavy atom. The second-order valence-electron chi connectivity index (χ2n) is 6.95. The van der Waals surface area contributed by atoms with Gasteiger partial charge in [-0.15, -0.1) is 0 Å². The maximum absolute atomic E-state index is 4.46. The summed E-state index contributed by atoms with van der Waals surface area (Å²) in [4.78, 5) is 7.14. The lowest BCUT2D eigenvalue weighted by atomic mass is 9.97. The van der Waals surface area contributed by atoms with Crippen LogP contribution in [0.2, 0.25) is 0 Å². The van der Waals surface area contributed by atoms with Crippen LogP contribution in [0.5, 0.6) is 0 Å². The molecule has 0 spiro atoms. The number of nitrogens with zero attached hydrogens (tertiary/aromatic N) is 3. The summed E-state index contributed by atoms with van der Waals surface area (Å²) in [6.45, 7) is 4.81. The van der Waals surface area contributed by atoms with Gasteiger partial charge in [0.05, 0.1) is 12.0 Å². The van der Waals surface area contributed by atoms with Gasteiger partial charge in [-0.2, -0.15) is 0 Å². The van der Waals surface area contributed by atoms with E-state index >= 15 is 0 Å². The Hall–Kier alpha value is -0.870. The molecule has 110 valence electrons. The molecule has 2 aliphatic heterocycles. The molecule has 20 heavy (non-hydrogen) atoms. The van der Waals surface area contributed by atoms with Crippen LogP contribution in [0.1, 0.15) is 63.2 Å². The Balaban J connectivity index is 1.50. The first kappa shape index (κ1) is 12.8. The van der Waals surface area contributed by atoms with Gasteiger partial charge in [0.25, 0.3) is 0 Å². The topological polar surface area (TPSA) is 33.1 Å². The Morgan fingerprint density at radius 3 is 2.85 bits per heavy atom. The summed E-state index contributed by atoms with van der Waals surface area (Å²) >= 11 is 0. The molecule has 3 unspecified atom stereocenters. The highest BCUT2D eigenvalue weighted by Gasteiger charge is 2.36. The predicted molar refractivity (Wildman–Crippen MR) is 79.7 cm³/mol. The highest BCUT2D eigenvalue weighted by molar-refractivity contribution is 5.10. The van der Waals surface area contributed by atoms with Crippen LogP contribution in [0, 0.1) is 0 Å². The molecule has 1 aromatic rings. The average Bonchev–Trinajstić information content (AvgIpc) is 3.01. The molecule has 2 saturated heterocycles. The predicted octanol–water partition coefficient (Wildman–Crippen LogP) is 2.50. The van der Waals surface area contributed by atoms with Gasteiger partial charge in [0.2, 0.25) is 0 Å². The van der Waals surface area contributed by atoms with E-state index in [1.165, 1.54) is 57.3 Å². The molecule has 1 N–H and O–H groups in total. The van der Waals surface area contributed by atoms with Crippen molar-refractivity contribution in [1.82, 2.24) is 19.8 Å². The number of nitrogens with one attached hydrogen (secondary N) is 1. The van der Waals surface area contributed by atoms with Gasteiger partial charge in [-0.3, -0.25) is 4.90 Å². The zero-order valence-corrected chi connectivity index (χ0v) is 12.5. The zero-order chi connectivity index (χ0) is 13.5. The van der Waals surface area contributed by atoms with Gasteiger partial charge in [0.15, 0.2) is 0 Å². The Morgan fingerprint density at radius 1 is 1.15 bits per heavy atom. The van der Waals surface area contributed by atoms with Crippen molar-refractivity contribution in [3.8, 4) is 0 Å². The van der Waals surface area contributed by atoms with Crippen LogP contribution >= 0.6 is 0 Å². The van der Waals surface area contributed by atoms with Crippen LogP contribution < -0.4 is 5.32 Å². The molecule has 3 heterocycles. The fourth-order valence-electron chi connectivity index (χ4n) is 4.03. The number of imidazole rings is 1. The van der Waals surface area contributed by atoms with E-state index in [9.17, 15) is 0 Å². The average molecular weight is 274 g/mol. The first-order valence-electron chi connectivity index (χ1n) is 8.33. The Bertz CT molecular complexity index is 465. The largest absolute Gasteiger partial charge is 0.329 e. The van der Waals surface area contributed by atoms with E-state index in [-0.39, 0.29) is 0 Å². The maximum atomic E-state index is 4.46. The summed E-state index contributed by atoms with van der Waals surface area (Å²) in [5.41, 5.74) is 1.42. The lowest BCUT2D eigenvalue weighted by Crippen LogP contribution is -2.36. The molecule has 4 rings (SSSR count). The van der Waals surface area contributed by atoms with Crippen LogP contribution in [-0.4, -0.2) is 39.6 Å². The highest BCUT2D eigenvalue weighted by Crippen LogP contribution is 2.35. The van der Waals surface area contributed by atoms with Crippen molar-refractivity contribution in [3.63, 3.8) is 0 Å². The summed E-state index contributed by atoms with van der Waals surface area (Å²) in [6, 6.07) is 2.70. The van der Waals surface area contributed by atoms with Gasteiger partial charge in [-0.25, -0.2) is 4.98 Å². The van der Waals surface area contributed by atoms with Crippen molar-refractivity contribution < 1.29 is 0 Å². The number of piperidine rings is 1. The minimum atomic E-state index is 0.510. The normalized spacial score (nSPS) is 35.5. The first-order valence-corrected chi connectivity index (χ1v) is 8.33. The van der Waals surface area contributed by atoms with Crippen LogP contribution in [-0.2, 0) is 0 Å². The molecule has 3 atom stereocenters. The number of likely N-dealkylation sites (tertiary alicyclic amines) is 1. The summed E-state index contributed by atoms with van der Waals surface area (Å²) in [5.74, 6) is 0. The fourth-order valence-corrected chi connectivity index (χ4v) is 4.03. The molecule has 0 bridgehead atoms. The molecular weight excluding hydrogens is 248 g/mol. The van der Waals surface area contributed by atoms with E-state index in [4.69, 9.17) is 0 Å². The highest BCUT2D eigenvalue weighted by atomic mass is 15.3. The lowest BCUT2D eigenvalue weighted by molar-refractivity contribution is 0.301. The molecule has 4 heteroatoms. The van der Waals surface area contributed by atoms with E-state index in [0.29, 0.717) is 18.1 Å². The summed E-state index contributed by atoms with van der Waals surface area (Å²) in [6.07, 6.45) is 12.2.